The van der Waals surface area contributed by atoms with Crippen LogP contribution in [0, 0.1) is 10.1 Å². The summed E-state index contributed by atoms with van der Waals surface area (Å²) in [7, 11) is 0. The lowest BCUT2D eigenvalue weighted by Crippen LogP contribution is -2.36. The van der Waals surface area contributed by atoms with E-state index in [0.29, 0.717) is 37.7 Å². The van der Waals surface area contributed by atoms with Gasteiger partial charge >= 0.3 is 5.97 Å². The van der Waals surface area contributed by atoms with Crippen LogP contribution in [0.5, 0.6) is 0 Å². The Balaban J connectivity index is 1.73. The quantitative estimate of drug-likeness (QED) is 0.362. The number of Topliss-reactive ketones (excluding diaryl/α,β-unsaturated/α-hetero) is 1. The third-order valence-electron chi connectivity index (χ3n) is 3.99. The van der Waals surface area contributed by atoms with Gasteiger partial charge in [-0.1, -0.05) is 0 Å². The Labute approximate surface area is 148 Å². The molecule has 1 aromatic heterocycles. The van der Waals surface area contributed by atoms with Gasteiger partial charge in [0.25, 0.3) is 5.69 Å². The molecule has 9 heteroatoms. The fourth-order valence-corrected chi connectivity index (χ4v) is 2.66. The first-order chi connectivity index (χ1) is 12.6. The Bertz CT molecular complexity index is 812. The molecule has 1 N–H and O–H groups in total. The third kappa shape index (κ3) is 3.89. The minimum absolute atomic E-state index is 0.0213. The van der Waals surface area contributed by atoms with Gasteiger partial charge in [-0.2, -0.15) is 0 Å². The van der Waals surface area contributed by atoms with E-state index < -0.39 is 17.5 Å². The Morgan fingerprint density at radius 1 is 1.27 bits per heavy atom. The number of rotatable bonds is 6. The van der Waals surface area contributed by atoms with Crippen molar-refractivity contribution in [2.24, 2.45) is 0 Å². The lowest BCUT2D eigenvalue weighted by atomic mass is 10.1. The molecule has 2 heterocycles. The van der Waals surface area contributed by atoms with E-state index in [1.54, 1.807) is 18.3 Å². The van der Waals surface area contributed by atoms with Crippen molar-refractivity contribution in [3.8, 4) is 0 Å². The van der Waals surface area contributed by atoms with Crippen LogP contribution >= 0.6 is 0 Å². The topological polar surface area (TPSA) is 115 Å². The highest BCUT2D eigenvalue weighted by Gasteiger charge is 2.24. The second-order valence-corrected chi connectivity index (χ2v) is 5.64. The van der Waals surface area contributed by atoms with Crippen LogP contribution in [0.2, 0.25) is 0 Å². The van der Waals surface area contributed by atoms with Crippen molar-refractivity contribution in [2.75, 3.05) is 37.8 Å². The summed E-state index contributed by atoms with van der Waals surface area (Å²) < 4.78 is 10.2. The molecule has 1 aliphatic rings. The van der Waals surface area contributed by atoms with Crippen LogP contribution in [0.25, 0.3) is 0 Å². The van der Waals surface area contributed by atoms with Crippen LogP contribution in [-0.4, -0.2) is 54.6 Å². The molecule has 0 atom stereocenters. The number of hydrogen-bond acceptors (Lipinski definition) is 7. The fraction of sp³-hybridized carbons (Fsp3) is 0.294. The van der Waals surface area contributed by atoms with Crippen LogP contribution in [0.1, 0.15) is 20.8 Å². The molecular weight excluding hydrogens is 342 g/mol. The van der Waals surface area contributed by atoms with Gasteiger partial charge in [0.15, 0.2) is 6.61 Å². The third-order valence-corrected chi connectivity index (χ3v) is 3.99. The monoisotopic (exact) mass is 359 g/mol. The Morgan fingerprint density at radius 3 is 2.69 bits per heavy atom. The Kier molecular flexibility index (Phi) is 5.28. The predicted octanol–water partition coefficient (Wildman–Crippen LogP) is 1.80. The van der Waals surface area contributed by atoms with Crippen molar-refractivity contribution >= 4 is 23.1 Å². The average Bonchev–Trinajstić information content (AvgIpc) is 3.21. The molecule has 0 bridgehead atoms. The molecule has 0 unspecified atom stereocenters. The molecule has 3 rings (SSSR count). The van der Waals surface area contributed by atoms with Crippen molar-refractivity contribution in [1.82, 2.24) is 4.98 Å². The minimum Gasteiger partial charge on any atom is -0.454 e. The lowest BCUT2D eigenvalue weighted by molar-refractivity contribution is -0.384. The van der Waals surface area contributed by atoms with Crippen LogP contribution in [0.4, 0.5) is 11.4 Å². The number of aromatic nitrogens is 1. The van der Waals surface area contributed by atoms with Crippen molar-refractivity contribution in [3.05, 3.63) is 57.9 Å². The summed E-state index contributed by atoms with van der Waals surface area (Å²) >= 11 is 0. The van der Waals surface area contributed by atoms with Crippen LogP contribution in [-0.2, 0) is 9.47 Å². The number of nitrogens with one attached hydrogen (secondary N) is 1. The number of aromatic amines is 1. The first kappa shape index (κ1) is 17.6. The number of ether oxygens (including phenoxy) is 2. The van der Waals surface area contributed by atoms with Gasteiger partial charge in [-0.15, -0.1) is 0 Å². The minimum atomic E-state index is -0.790. The maximum Gasteiger partial charge on any atom is 0.338 e. The van der Waals surface area contributed by atoms with Crippen LogP contribution in [0.3, 0.4) is 0 Å². The maximum atomic E-state index is 12.1. The van der Waals surface area contributed by atoms with Gasteiger partial charge in [0.2, 0.25) is 5.78 Å². The summed E-state index contributed by atoms with van der Waals surface area (Å²) in [6.45, 7) is 1.60. The number of anilines is 1. The van der Waals surface area contributed by atoms with Crippen molar-refractivity contribution < 1.29 is 24.0 Å². The molecule has 1 saturated heterocycles. The van der Waals surface area contributed by atoms with Gasteiger partial charge in [-0.25, -0.2) is 4.79 Å². The van der Waals surface area contributed by atoms with E-state index in [0.717, 1.165) is 0 Å². The summed E-state index contributed by atoms with van der Waals surface area (Å²) in [5.74, 6) is -1.18. The number of carbonyl (C=O) groups excluding carboxylic acids is 2. The number of esters is 1. The molecule has 1 aliphatic heterocycles. The number of benzene rings is 1. The summed E-state index contributed by atoms with van der Waals surface area (Å²) in [6.07, 6.45) is 1.59. The van der Waals surface area contributed by atoms with Gasteiger partial charge in [-0.3, -0.25) is 14.9 Å². The van der Waals surface area contributed by atoms with E-state index in [2.05, 4.69) is 4.98 Å². The molecule has 26 heavy (non-hydrogen) atoms. The summed E-state index contributed by atoms with van der Waals surface area (Å²) in [5.41, 5.74) is 0.591. The van der Waals surface area contributed by atoms with E-state index in [1.807, 2.05) is 4.90 Å². The number of hydrogen-bond donors (Lipinski definition) is 1. The smallest absolute Gasteiger partial charge is 0.338 e. The van der Waals surface area contributed by atoms with Gasteiger partial charge in [-0.05, 0) is 24.3 Å². The number of nitro benzene ring substituents is 1. The zero-order valence-corrected chi connectivity index (χ0v) is 13.8. The van der Waals surface area contributed by atoms with Gasteiger partial charge in [0, 0.05) is 25.4 Å². The van der Waals surface area contributed by atoms with E-state index in [1.165, 1.54) is 18.2 Å². The Hall–Kier alpha value is -3.20. The van der Waals surface area contributed by atoms with E-state index in [9.17, 15) is 19.7 Å². The first-order valence-corrected chi connectivity index (χ1v) is 8.01. The van der Waals surface area contributed by atoms with Crippen LogP contribution in [0.15, 0.2) is 36.5 Å². The Morgan fingerprint density at radius 2 is 2.04 bits per heavy atom. The standard InChI is InChI=1S/C17H17N3O6/c21-16(13-2-1-5-18-13)11-26-17(22)12-3-4-14(15(10-12)20(23)24)19-6-8-25-9-7-19/h1-5,10,18H,6-9,11H2. The lowest BCUT2D eigenvalue weighted by Gasteiger charge is -2.28. The molecule has 9 nitrogen and oxygen atoms in total. The van der Waals surface area contributed by atoms with E-state index in [4.69, 9.17) is 9.47 Å². The summed E-state index contributed by atoms with van der Waals surface area (Å²) in [4.78, 5) is 39.4. The van der Waals surface area contributed by atoms with Gasteiger partial charge < -0.3 is 19.4 Å². The van der Waals surface area contributed by atoms with Crippen LogP contribution < -0.4 is 4.90 Å². The molecular formula is C17H17N3O6. The van der Waals surface area contributed by atoms with Gasteiger partial charge in [0.05, 0.1) is 29.4 Å². The number of carbonyl (C=O) groups is 2. The summed E-state index contributed by atoms with van der Waals surface area (Å²) in [6, 6.07) is 7.37. The summed E-state index contributed by atoms with van der Waals surface area (Å²) in [5, 5.41) is 11.4. The second kappa shape index (κ2) is 7.79. The molecule has 1 fully saturated rings. The van der Waals surface area contributed by atoms with E-state index >= 15 is 0 Å². The molecule has 0 aliphatic carbocycles. The predicted molar refractivity (Wildman–Crippen MR) is 91.5 cm³/mol. The molecule has 0 radical (unpaired) electrons. The number of morpholine rings is 1. The molecule has 2 aromatic rings. The number of ketones is 1. The fourth-order valence-electron chi connectivity index (χ4n) is 2.66. The molecule has 136 valence electrons. The van der Waals surface area contributed by atoms with Crippen molar-refractivity contribution in [2.45, 2.75) is 0 Å². The highest BCUT2D eigenvalue weighted by Crippen LogP contribution is 2.30. The normalized spacial score (nSPS) is 14.1. The first-order valence-electron chi connectivity index (χ1n) is 8.01. The van der Waals surface area contributed by atoms with Gasteiger partial charge in [0.1, 0.15) is 5.69 Å². The largest absolute Gasteiger partial charge is 0.454 e. The maximum absolute atomic E-state index is 12.1. The SMILES string of the molecule is O=C(OCC(=O)c1ccc[nH]1)c1ccc(N2CCOCC2)c([N+](=O)[O-])c1. The van der Waals surface area contributed by atoms with E-state index in [-0.39, 0.29) is 17.0 Å². The zero-order chi connectivity index (χ0) is 18.5. The average molecular weight is 359 g/mol. The highest BCUT2D eigenvalue weighted by molar-refractivity contribution is 5.98. The number of nitrogens with zero attached hydrogens (tertiary/aromatic N) is 2. The number of H-pyrrole nitrogens is 1. The van der Waals surface area contributed by atoms with Crippen molar-refractivity contribution in [1.29, 1.82) is 0 Å². The number of nitro groups is 1. The second-order valence-electron chi connectivity index (χ2n) is 5.64. The molecule has 0 spiro atoms. The molecule has 0 amide bonds. The van der Waals surface area contributed by atoms with Crippen molar-refractivity contribution in [3.63, 3.8) is 0 Å². The highest BCUT2D eigenvalue weighted by atomic mass is 16.6. The molecule has 1 aromatic carbocycles. The zero-order valence-electron chi connectivity index (χ0n) is 13.8. The molecule has 0 saturated carbocycles.